The summed E-state index contributed by atoms with van der Waals surface area (Å²) in [6.07, 6.45) is -0.823. The molecule has 0 aliphatic carbocycles. The normalized spacial score (nSPS) is 19.5. The van der Waals surface area contributed by atoms with Gasteiger partial charge in [-0.3, -0.25) is 4.79 Å². The van der Waals surface area contributed by atoms with E-state index in [0.29, 0.717) is 17.0 Å². The zero-order valence-electron chi connectivity index (χ0n) is 11.7. The van der Waals surface area contributed by atoms with Crippen LogP contribution in [0.15, 0.2) is 18.2 Å². The molecule has 0 fully saturated rings. The highest BCUT2D eigenvalue weighted by molar-refractivity contribution is 5.97. The fourth-order valence-corrected chi connectivity index (χ4v) is 2.09. The van der Waals surface area contributed by atoms with Gasteiger partial charge in [-0.25, -0.2) is 8.78 Å². The third kappa shape index (κ3) is 3.68. The van der Waals surface area contributed by atoms with Crippen LogP contribution in [0.1, 0.15) is 31.4 Å². The van der Waals surface area contributed by atoms with Gasteiger partial charge in [0.1, 0.15) is 5.75 Å². The van der Waals surface area contributed by atoms with Crippen LogP contribution in [0.2, 0.25) is 0 Å². The van der Waals surface area contributed by atoms with E-state index in [9.17, 15) is 13.6 Å². The maximum absolute atomic E-state index is 13.1. The molecule has 0 radical (unpaired) electrons. The zero-order chi connectivity index (χ0) is 15.6. The second-order valence-electron chi connectivity index (χ2n) is 5.21. The third-order valence-corrected chi connectivity index (χ3v) is 3.48. The number of carbonyl (C=O) groups is 1. The number of alkyl halides is 2. The topological polar surface area (TPSA) is 90.4 Å². The van der Waals surface area contributed by atoms with Crippen LogP contribution in [-0.4, -0.2) is 24.5 Å². The molecule has 1 aromatic rings. The molecule has 1 aromatic carbocycles. The van der Waals surface area contributed by atoms with Gasteiger partial charge in [-0.15, -0.1) is 0 Å². The number of fused-ring (bicyclic) bond motifs is 1. The molecule has 2 atom stereocenters. The zero-order valence-corrected chi connectivity index (χ0v) is 11.7. The number of anilines is 1. The van der Waals surface area contributed by atoms with Crippen LogP contribution in [-0.2, 0) is 4.79 Å². The molecule has 5 N–H and O–H groups in total. The van der Waals surface area contributed by atoms with Gasteiger partial charge in [0.25, 0.3) is 11.8 Å². The number of ether oxygens (including phenoxy) is 1. The molecule has 5 nitrogen and oxygen atoms in total. The molecular formula is C14H19F2N3O2. The first-order chi connectivity index (χ1) is 9.82. The summed E-state index contributed by atoms with van der Waals surface area (Å²) in [5.41, 5.74) is 12.1. The van der Waals surface area contributed by atoms with Gasteiger partial charge in [0.05, 0.1) is 12.2 Å². The predicted octanol–water partition coefficient (Wildman–Crippen LogP) is 1.78. The van der Waals surface area contributed by atoms with Crippen LogP contribution < -0.4 is 21.5 Å². The highest BCUT2D eigenvalue weighted by Crippen LogP contribution is 2.33. The van der Waals surface area contributed by atoms with Crippen molar-refractivity contribution in [3.63, 3.8) is 0 Å². The van der Waals surface area contributed by atoms with E-state index in [1.54, 1.807) is 25.1 Å². The van der Waals surface area contributed by atoms with Crippen molar-refractivity contribution in [2.45, 2.75) is 37.8 Å². The molecule has 1 aliphatic heterocycles. The monoisotopic (exact) mass is 299 g/mol. The van der Waals surface area contributed by atoms with Crippen molar-refractivity contribution in [1.29, 1.82) is 0 Å². The van der Waals surface area contributed by atoms with Gasteiger partial charge in [0, 0.05) is 12.5 Å². The average Bonchev–Trinajstić information content (AvgIpc) is 2.45. The Balaban J connectivity index is 2.08. The van der Waals surface area contributed by atoms with Crippen LogP contribution in [0, 0.1) is 0 Å². The average molecular weight is 299 g/mol. The number of carbonyl (C=O) groups excluding carboxylic acids is 1. The molecule has 0 saturated heterocycles. The van der Waals surface area contributed by atoms with Gasteiger partial charge in [-0.1, -0.05) is 6.07 Å². The molecule has 0 aromatic heterocycles. The van der Waals surface area contributed by atoms with Gasteiger partial charge < -0.3 is 21.5 Å². The van der Waals surface area contributed by atoms with Crippen LogP contribution in [0.3, 0.4) is 0 Å². The Hall–Kier alpha value is -1.73. The fraction of sp³-hybridized carbons (Fsp3) is 0.500. The largest absolute Gasteiger partial charge is 0.479 e. The van der Waals surface area contributed by atoms with E-state index in [2.05, 4.69) is 5.32 Å². The molecule has 2 rings (SSSR count). The molecule has 7 heteroatoms. The van der Waals surface area contributed by atoms with Crippen molar-refractivity contribution in [3.8, 4) is 5.75 Å². The molecule has 116 valence electrons. The molecule has 0 saturated carbocycles. The lowest BCUT2D eigenvalue weighted by Crippen LogP contribution is -2.34. The number of rotatable bonds is 5. The molecule has 1 heterocycles. The quantitative estimate of drug-likeness (QED) is 0.773. The molecule has 1 aliphatic rings. The summed E-state index contributed by atoms with van der Waals surface area (Å²) in [5.74, 6) is -2.60. The van der Waals surface area contributed by atoms with Gasteiger partial charge in [0.15, 0.2) is 6.10 Å². The molecular weight excluding hydrogens is 280 g/mol. The Kier molecular flexibility index (Phi) is 4.43. The summed E-state index contributed by atoms with van der Waals surface area (Å²) in [7, 11) is 0. The lowest BCUT2D eigenvalue weighted by atomic mass is 9.99. The van der Waals surface area contributed by atoms with E-state index in [0.717, 1.165) is 0 Å². The molecule has 1 amide bonds. The smallest absolute Gasteiger partial charge is 0.265 e. The second-order valence-corrected chi connectivity index (χ2v) is 5.21. The molecule has 21 heavy (non-hydrogen) atoms. The lowest BCUT2D eigenvalue weighted by Gasteiger charge is -2.25. The van der Waals surface area contributed by atoms with E-state index in [-0.39, 0.29) is 18.7 Å². The summed E-state index contributed by atoms with van der Waals surface area (Å²) < 4.78 is 31.7. The lowest BCUT2D eigenvalue weighted by molar-refractivity contribution is -0.122. The maximum atomic E-state index is 13.1. The first kappa shape index (κ1) is 15.7. The number of halogens is 2. The number of benzene rings is 1. The molecule has 1 unspecified atom stereocenters. The van der Waals surface area contributed by atoms with E-state index in [1.165, 1.54) is 0 Å². The number of amides is 1. The van der Waals surface area contributed by atoms with Crippen LogP contribution in [0.25, 0.3) is 0 Å². The fourth-order valence-electron chi connectivity index (χ4n) is 2.09. The Morgan fingerprint density at radius 3 is 2.86 bits per heavy atom. The Morgan fingerprint density at radius 2 is 2.19 bits per heavy atom. The summed E-state index contributed by atoms with van der Waals surface area (Å²) in [5, 5.41) is 2.70. The van der Waals surface area contributed by atoms with Gasteiger partial charge >= 0.3 is 0 Å². The van der Waals surface area contributed by atoms with Crippen molar-refractivity contribution in [3.05, 3.63) is 23.8 Å². The van der Waals surface area contributed by atoms with Gasteiger partial charge in [-0.05, 0) is 31.0 Å². The first-order valence-corrected chi connectivity index (χ1v) is 6.77. The minimum absolute atomic E-state index is 0.105. The van der Waals surface area contributed by atoms with Crippen LogP contribution in [0.4, 0.5) is 14.5 Å². The highest BCUT2D eigenvalue weighted by atomic mass is 19.3. The van der Waals surface area contributed by atoms with E-state index < -0.39 is 24.6 Å². The minimum Gasteiger partial charge on any atom is -0.479 e. The summed E-state index contributed by atoms with van der Waals surface area (Å²) in [6, 6.07) is 4.50. The van der Waals surface area contributed by atoms with Crippen molar-refractivity contribution in [2.75, 3.05) is 11.9 Å². The second kappa shape index (κ2) is 5.95. The SMILES string of the molecule is C[C@H]1Oc2ccc(C(N)CCC(F)(F)CN)cc2NC1=O. The number of nitrogens with one attached hydrogen (secondary N) is 1. The number of hydrogen-bond acceptors (Lipinski definition) is 4. The van der Waals surface area contributed by atoms with Crippen LogP contribution in [0.5, 0.6) is 5.75 Å². The summed E-state index contributed by atoms with van der Waals surface area (Å²) in [4.78, 5) is 11.6. The molecule has 0 bridgehead atoms. The van der Waals surface area contributed by atoms with Crippen molar-refractivity contribution in [2.24, 2.45) is 11.5 Å². The Bertz CT molecular complexity index is 537. The van der Waals surface area contributed by atoms with Crippen molar-refractivity contribution < 1.29 is 18.3 Å². The standard InChI is InChI=1S/C14H19F2N3O2/c1-8-13(20)19-11-6-9(2-3-12(11)21-8)10(18)4-5-14(15,16)7-17/h2-3,6,8,10H,4-5,7,17-18H2,1H3,(H,19,20)/t8-,10?/m1/s1. The third-order valence-electron chi connectivity index (χ3n) is 3.48. The number of nitrogens with two attached hydrogens (primary N) is 2. The number of hydrogen-bond donors (Lipinski definition) is 3. The highest BCUT2D eigenvalue weighted by Gasteiger charge is 2.28. The van der Waals surface area contributed by atoms with E-state index in [1.807, 2.05) is 0 Å². The first-order valence-electron chi connectivity index (χ1n) is 6.77. The van der Waals surface area contributed by atoms with E-state index in [4.69, 9.17) is 16.2 Å². The minimum atomic E-state index is -2.90. The molecule has 0 spiro atoms. The van der Waals surface area contributed by atoms with Gasteiger partial charge in [0.2, 0.25) is 0 Å². The van der Waals surface area contributed by atoms with Crippen molar-refractivity contribution in [1.82, 2.24) is 0 Å². The summed E-state index contributed by atoms with van der Waals surface area (Å²) >= 11 is 0. The maximum Gasteiger partial charge on any atom is 0.265 e. The Morgan fingerprint density at radius 1 is 1.48 bits per heavy atom. The van der Waals surface area contributed by atoms with Gasteiger partial charge in [-0.2, -0.15) is 0 Å². The summed E-state index contributed by atoms with van der Waals surface area (Å²) in [6.45, 7) is 0.957. The Labute approximate surface area is 121 Å². The predicted molar refractivity (Wildman–Crippen MR) is 75.3 cm³/mol. The van der Waals surface area contributed by atoms with E-state index >= 15 is 0 Å². The van der Waals surface area contributed by atoms with Crippen LogP contribution >= 0.6 is 0 Å². The van der Waals surface area contributed by atoms with Crippen molar-refractivity contribution >= 4 is 11.6 Å².